The number of anilines is 1. The lowest BCUT2D eigenvalue weighted by atomic mass is 10.2. The molecule has 2 rings (SSSR count). The highest BCUT2D eigenvalue weighted by molar-refractivity contribution is 7.92. The predicted molar refractivity (Wildman–Crippen MR) is 97.6 cm³/mol. The zero-order valence-electron chi connectivity index (χ0n) is 15.5. The van der Waals surface area contributed by atoms with Gasteiger partial charge in [-0.3, -0.25) is 4.72 Å². The van der Waals surface area contributed by atoms with Crippen LogP contribution < -0.4 is 18.9 Å². The van der Waals surface area contributed by atoms with Crippen molar-refractivity contribution in [1.82, 2.24) is 0 Å². The minimum absolute atomic E-state index is 0.00102. The van der Waals surface area contributed by atoms with Crippen molar-refractivity contribution in [3.63, 3.8) is 0 Å². The van der Waals surface area contributed by atoms with Crippen LogP contribution >= 0.6 is 0 Å². The van der Waals surface area contributed by atoms with E-state index >= 15 is 0 Å². The summed E-state index contributed by atoms with van der Waals surface area (Å²) in [6, 6.07) is 6.46. The van der Waals surface area contributed by atoms with Gasteiger partial charge >= 0.3 is 6.18 Å². The standard InChI is InChI=1S/C18H20F3NO5S/c1-4-9-27-15-7-5-12(18(19,20)21)10-14(15)22-28(23,24)13-6-8-16(25-2)17(11-13)26-3/h5-8,10-11,22H,4,9H2,1-3H3. The lowest BCUT2D eigenvalue weighted by molar-refractivity contribution is -0.137. The Balaban J connectivity index is 2.46. The third kappa shape index (κ3) is 5.00. The fourth-order valence-corrected chi connectivity index (χ4v) is 3.39. The van der Waals surface area contributed by atoms with E-state index in [0.717, 1.165) is 12.1 Å². The molecule has 6 nitrogen and oxygen atoms in total. The van der Waals surface area contributed by atoms with Gasteiger partial charge in [-0.1, -0.05) is 6.92 Å². The van der Waals surface area contributed by atoms with Crippen LogP contribution in [0.2, 0.25) is 0 Å². The van der Waals surface area contributed by atoms with E-state index < -0.39 is 21.8 Å². The first-order valence-electron chi connectivity index (χ1n) is 8.21. The highest BCUT2D eigenvalue weighted by atomic mass is 32.2. The largest absolute Gasteiger partial charge is 0.493 e. The fraction of sp³-hybridized carbons (Fsp3) is 0.333. The Morgan fingerprint density at radius 1 is 0.964 bits per heavy atom. The van der Waals surface area contributed by atoms with E-state index in [-0.39, 0.29) is 28.7 Å². The molecule has 2 aromatic carbocycles. The molecule has 1 N–H and O–H groups in total. The number of rotatable bonds is 8. The molecule has 0 atom stereocenters. The summed E-state index contributed by atoms with van der Waals surface area (Å²) in [6.45, 7) is 2.04. The van der Waals surface area contributed by atoms with Crippen molar-refractivity contribution < 1.29 is 35.8 Å². The number of ether oxygens (including phenoxy) is 3. The van der Waals surface area contributed by atoms with Crippen LogP contribution in [0.5, 0.6) is 17.2 Å². The van der Waals surface area contributed by atoms with Gasteiger partial charge in [0.25, 0.3) is 10.0 Å². The van der Waals surface area contributed by atoms with E-state index in [1.165, 1.54) is 32.4 Å². The first-order valence-corrected chi connectivity index (χ1v) is 9.69. The number of nitrogens with one attached hydrogen (secondary N) is 1. The van der Waals surface area contributed by atoms with Gasteiger partial charge in [0, 0.05) is 6.07 Å². The summed E-state index contributed by atoms with van der Waals surface area (Å²) < 4.78 is 82.2. The second-order valence-electron chi connectivity index (χ2n) is 5.68. The molecule has 0 amide bonds. The average Bonchev–Trinajstić information content (AvgIpc) is 2.65. The normalized spacial score (nSPS) is 11.8. The summed E-state index contributed by atoms with van der Waals surface area (Å²) in [4.78, 5) is -0.205. The number of hydrogen-bond donors (Lipinski definition) is 1. The smallest absolute Gasteiger partial charge is 0.416 e. The van der Waals surface area contributed by atoms with Crippen LogP contribution in [0, 0.1) is 0 Å². The maximum absolute atomic E-state index is 13.0. The molecule has 0 unspecified atom stereocenters. The molecule has 0 radical (unpaired) electrons. The average molecular weight is 419 g/mol. The topological polar surface area (TPSA) is 73.9 Å². The highest BCUT2D eigenvalue weighted by Gasteiger charge is 2.32. The number of benzene rings is 2. The molecule has 0 fully saturated rings. The van der Waals surface area contributed by atoms with Gasteiger partial charge in [-0.05, 0) is 36.8 Å². The molecule has 0 bridgehead atoms. The SMILES string of the molecule is CCCOc1ccc(C(F)(F)F)cc1NS(=O)(=O)c1ccc(OC)c(OC)c1. The minimum atomic E-state index is -4.63. The van der Waals surface area contributed by atoms with E-state index in [1.807, 2.05) is 6.92 Å². The summed E-state index contributed by atoms with van der Waals surface area (Å²) >= 11 is 0. The number of sulfonamides is 1. The lowest BCUT2D eigenvalue weighted by Crippen LogP contribution is -2.15. The van der Waals surface area contributed by atoms with E-state index in [2.05, 4.69) is 4.72 Å². The van der Waals surface area contributed by atoms with Gasteiger partial charge in [-0.25, -0.2) is 8.42 Å². The summed E-state index contributed by atoms with van der Waals surface area (Å²) in [5.74, 6) is 0.475. The fourth-order valence-electron chi connectivity index (χ4n) is 2.31. The second-order valence-corrected chi connectivity index (χ2v) is 7.36. The Morgan fingerprint density at radius 3 is 2.18 bits per heavy atom. The van der Waals surface area contributed by atoms with Gasteiger partial charge in [0.1, 0.15) is 5.75 Å². The molecule has 0 aromatic heterocycles. The molecule has 0 aliphatic heterocycles. The molecule has 154 valence electrons. The second kappa shape index (κ2) is 8.59. The Bertz CT molecular complexity index is 929. The Morgan fingerprint density at radius 2 is 1.61 bits per heavy atom. The van der Waals surface area contributed by atoms with Gasteiger partial charge in [0.15, 0.2) is 11.5 Å². The number of alkyl halides is 3. The van der Waals surface area contributed by atoms with Gasteiger partial charge in [0.05, 0.1) is 37.0 Å². The van der Waals surface area contributed by atoms with Crippen molar-refractivity contribution in [3.8, 4) is 17.2 Å². The summed E-state index contributed by atoms with van der Waals surface area (Å²) in [7, 11) is -1.48. The summed E-state index contributed by atoms with van der Waals surface area (Å²) in [5.41, 5.74) is -1.31. The van der Waals surface area contributed by atoms with Crippen molar-refractivity contribution in [2.24, 2.45) is 0 Å². The van der Waals surface area contributed by atoms with Crippen molar-refractivity contribution in [2.45, 2.75) is 24.4 Å². The Hall–Kier alpha value is -2.62. The first-order chi connectivity index (χ1) is 13.1. The predicted octanol–water partition coefficient (Wildman–Crippen LogP) is 4.31. The third-order valence-corrected chi connectivity index (χ3v) is 5.04. The molecule has 28 heavy (non-hydrogen) atoms. The molecule has 0 heterocycles. The van der Waals surface area contributed by atoms with Crippen LogP contribution in [0.4, 0.5) is 18.9 Å². The highest BCUT2D eigenvalue weighted by Crippen LogP contribution is 2.37. The first kappa shape index (κ1) is 21.7. The monoisotopic (exact) mass is 419 g/mol. The van der Waals surface area contributed by atoms with Gasteiger partial charge < -0.3 is 14.2 Å². The Kier molecular flexibility index (Phi) is 6.65. The van der Waals surface area contributed by atoms with Crippen LogP contribution in [0.25, 0.3) is 0 Å². The molecule has 0 aliphatic carbocycles. The summed E-state index contributed by atoms with van der Waals surface area (Å²) in [6.07, 6.45) is -4.03. The van der Waals surface area contributed by atoms with Crippen LogP contribution in [0.15, 0.2) is 41.3 Å². The number of hydrogen-bond acceptors (Lipinski definition) is 5. The van der Waals surface area contributed by atoms with Crippen molar-refractivity contribution >= 4 is 15.7 Å². The number of halogens is 3. The Labute approximate surface area is 161 Å². The molecule has 10 heteroatoms. The lowest BCUT2D eigenvalue weighted by Gasteiger charge is -2.16. The van der Waals surface area contributed by atoms with Crippen molar-refractivity contribution in [2.75, 3.05) is 25.5 Å². The minimum Gasteiger partial charge on any atom is -0.493 e. The van der Waals surface area contributed by atoms with Gasteiger partial charge in [-0.2, -0.15) is 13.2 Å². The quantitative estimate of drug-likeness (QED) is 0.690. The van der Waals surface area contributed by atoms with Crippen LogP contribution in [0.3, 0.4) is 0 Å². The van der Waals surface area contributed by atoms with Gasteiger partial charge in [0.2, 0.25) is 0 Å². The van der Waals surface area contributed by atoms with E-state index in [4.69, 9.17) is 14.2 Å². The molecule has 2 aromatic rings. The van der Waals surface area contributed by atoms with E-state index in [0.29, 0.717) is 18.2 Å². The van der Waals surface area contributed by atoms with Crippen molar-refractivity contribution in [1.29, 1.82) is 0 Å². The van der Waals surface area contributed by atoms with E-state index in [9.17, 15) is 21.6 Å². The van der Waals surface area contributed by atoms with Crippen LogP contribution in [0.1, 0.15) is 18.9 Å². The zero-order chi connectivity index (χ0) is 20.9. The maximum atomic E-state index is 13.0. The third-order valence-electron chi connectivity index (χ3n) is 3.68. The summed E-state index contributed by atoms with van der Waals surface area (Å²) in [5, 5.41) is 0. The molecule has 0 spiro atoms. The van der Waals surface area contributed by atoms with Crippen LogP contribution in [-0.4, -0.2) is 29.2 Å². The van der Waals surface area contributed by atoms with Crippen molar-refractivity contribution in [3.05, 3.63) is 42.0 Å². The zero-order valence-corrected chi connectivity index (χ0v) is 16.3. The number of methoxy groups -OCH3 is 2. The molecule has 0 saturated heterocycles. The molecule has 0 aliphatic rings. The van der Waals surface area contributed by atoms with Gasteiger partial charge in [-0.15, -0.1) is 0 Å². The maximum Gasteiger partial charge on any atom is 0.416 e. The molecular formula is C18H20F3NO5S. The van der Waals surface area contributed by atoms with E-state index in [1.54, 1.807) is 0 Å². The van der Waals surface area contributed by atoms with Crippen LogP contribution in [-0.2, 0) is 16.2 Å². The molecule has 0 saturated carbocycles. The molecular weight excluding hydrogens is 399 g/mol.